The van der Waals surface area contributed by atoms with Gasteiger partial charge in [-0.25, -0.2) is 0 Å². The normalized spacial score (nSPS) is 12.4. The highest BCUT2D eigenvalue weighted by Gasteiger charge is 2.00. The Balaban J connectivity index is 2.32. The van der Waals surface area contributed by atoms with Crippen LogP contribution >= 0.6 is 15.9 Å². The summed E-state index contributed by atoms with van der Waals surface area (Å²) in [5, 5.41) is 0. The van der Waals surface area contributed by atoms with Crippen molar-refractivity contribution in [3.63, 3.8) is 0 Å². The Morgan fingerprint density at radius 1 is 0.800 bits per heavy atom. The molecule has 0 spiro atoms. The lowest BCUT2D eigenvalue weighted by molar-refractivity contribution is 1.12. The van der Waals surface area contributed by atoms with Crippen molar-refractivity contribution in [2.75, 3.05) is 0 Å². The molecule has 2 rings (SSSR count). The van der Waals surface area contributed by atoms with Crippen LogP contribution in [0.5, 0.6) is 0 Å². The third-order valence-corrected chi connectivity index (χ3v) is 3.01. The summed E-state index contributed by atoms with van der Waals surface area (Å²) in [5.74, 6) is 0. The van der Waals surface area contributed by atoms with Crippen LogP contribution in [0.25, 0.3) is 11.1 Å². The van der Waals surface area contributed by atoms with Crippen molar-refractivity contribution >= 4 is 15.9 Å². The SMILES string of the molecule is C[C@@H](Br)c1ccc(-c2ccccc2)cc1. The molecule has 0 radical (unpaired) electrons. The number of alkyl halides is 1. The summed E-state index contributed by atoms with van der Waals surface area (Å²) in [7, 11) is 0. The standard InChI is InChI=1S/C14H13Br/c1-11(15)12-7-9-14(10-8-12)13-5-3-2-4-6-13/h2-11H,1H3/t11-/m1/s1. The van der Waals surface area contributed by atoms with Gasteiger partial charge in [-0.2, -0.15) is 0 Å². The lowest BCUT2D eigenvalue weighted by Gasteiger charge is -2.05. The molecule has 2 aromatic rings. The fourth-order valence-electron chi connectivity index (χ4n) is 1.57. The van der Waals surface area contributed by atoms with Gasteiger partial charge in [0.1, 0.15) is 0 Å². The Kier molecular flexibility index (Phi) is 3.22. The summed E-state index contributed by atoms with van der Waals surface area (Å²) in [5.41, 5.74) is 3.86. The average Bonchev–Trinajstić information content (AvgIpc) is 2.30. The first-order chi connectivity index (χ1) is 7.27. The Bertz CT molecular complexity index is 415. The molecule has 15 heavy (non-hydrogen) atoms. The van der Waals surface area contributed by atoms with E-state index in [0.29, 0.717) is 4.83 Å². The van der Waals surface area contributed by atoms with E-state index in [0.717, 1.165) is 0 Å². The quantitative estimate of drug-likeness (QED) is 0.680. The molecule has 2 aromatic carbocycles. The molecule has 0 unspecified atom stereocenters. The molecule has 1 atom stereocenters. The molecule has 1 heteroatoms. The largest absolute Gasteiger partial charge is 0.0842 e. The molecule has 0 bridgehead atoms. The van der Waals surface area contributed by atoms with E-state index in [4.69, 9.17) is 0 Å². The van der Waals surface area contributed by atoms with Crippen LogP contribution in [0.3, 0.4) is 0 Å². The van der Waals surface area contributed by atoms with Crippen LogP contribution in [0, 0.1) is 0 Å². The van der Waals surface area contributed by atoms with E-state index in [1.807, 2.05) is 6.07 Å². The predicted octanol–water partition coefficient (Wildman–Crippen LogP) is 4.81. The fourth-order valence-corrected chi connectivity index (χ4v) is 1.88. The van der Waals surface area contributed by atoms with Crippen LogP contribution in [0.1, 0.15) is 17.3 Å². The van der Waals surface area contributed by atoms with Crippen molar-refractivity contribution < 1.29 is 0 Å². The second kappa shape index (κ2) is 4.63. The average molecular weight is 261 g/mol. The van der Waals surface area contributed by atoms with Gasteiger partial charge in [0, 0.05) is 4.83 Å². The van der Waals surface area contributed by atoms with Gasteiger partial charge in [-0.05, 0) is 23.6 Å². The summed E-state index contributed by atoms with van der Waals surface area (Å²) in [6.07, 6.45) is 0. The molecular formula is C14H13Br. The van der Waals surface area contributed by atoms with Gasteiger partial charge in [0.2, 0.25) is 0 Å². The Labute approximate surface area is 99.1 Å². The van der Waals surface area contributed by atoms with E-state index in [9.17, 15) is 0 Å². The number of halogens is 1. The maximum absolute atomic E-state index is 3.56. The molecule has 0 aliphatic rings. The number of hydrogen-bond acceptors (Lipinski definition) is 0. The van der Waals surface area contributed by atoms with Gasteiger partial charge in [-0.15, -0.1) is 0 Å². The first kappa shape index (κ1) is 10.4. The Morgan fingerprint density at radius 3 is 1.87 bits per heavy atom. The molecule has 0 nitrogen and oxygen atoms in total. The lowest BCUT2D eigenvalue weighted by atomic mass is 10.0. The van der Waals surface area contributed by atoms with Gasteiger partial charge < -0.3 is 0 Å². The zero-order valence-electron chi connectivity index (χ0n) is 8.65. The van der Waals surface area contributed by atoms with Crippen LogP contribution in [0.15, 0.2) is 54.6 Å². The second-order valence-electron chi connectivity index (χ2n) is 3.60. The molecule has 0 N–H and O–H groups in total. The molecule has 0 amide bonds. The Morgan fingerprint density at radius 2 is 1.33 bits per heavy atom. The van der Waals surface area contributed by atoms with E-state index in [1.165, 1.54) is 16.7 Å². The van der Waals surface area contributed by atoms with Crippen LogP contribution < -0.4 is 0 Å². The van der Waals surface area contributed by atoms with Crippen molar-refractivity contribution in [2.45, 2.75) is 11.8 Å². The molecule has 0 aromatic heterocycles. The number of benzene rings is 2. The van der Waals surface area contributed by atoms with Gasteiger partial charge in [-0.1, -0.05) is 70.5 Å². The lowest BCUT2D eigenvalue weighted by Crippen LogP contribution is -1.83. The van der Waals surface area contributed by atoms with E-state index >= 15 is 0 Å². The van der Waals surface area contributed by atoms with Crippen LogP contribution in [0.2, 0.25) is 0 Å². The first-order valence-corrected chi connectivity index (χ1v) is 5.98. The highest BCUT2D eigenvalue weighted by atomic mass is 79.9. The van der Waals surface area contributed by atoms with Crippen molar-refractivity contribution in [3.8, 4) is 11.1 Å². The minimum absolute atomic E-state index is 0.419. The van der Waals surface area contributed by atoms with Crippen molar-refractivity contribution in [1.82, 2.24) is 0 Å². The third kappa shape index (κ3) is 2.48. The second-order valence-corrected chi connectivity index (χ2v) is 4.98. The van der Waals surface area contributed by atoms with E-state index in [2.05, 4.69) is 71.4 Å². The van der Waals surface area contributed by atoms with Gasteiger partial charge in [0.25, 0.3) is 0 Å². The topological polar surface area (TPSA) is 0 Å². The summed E-state index contributed by atoms with van der Waals surface area (Å²) >= 11 is 3.56. The molecule has 76 valence electrons. The summed E-state index contributed by atoms with van der Waals surface area (Å²) in [4.78, 5) is 0.419. The maximum atomic E-state index is 3.56. The molecule has 0 saturated carbocycles. The van der Waals surface area contributed by atoms with E-state index in [1.54, 1.807) is 0 Å². The third-order valence-electron chi connectivity index (χ3n) is 2.48. The molecule has 0 heterocycles. The molecular weight excluding hydrogens is 248 g/mol. The van der Waals surface area contributed by atoms with Gasteiger partial charge in [0.15, 0.2) is 0 Å². The smallest absolute Gasteiger partial charge is 0.0367 e. The van der Waals surface area contributed by atoms with Gasteiger partial charge in [0.05, 0.1) is 0 Å². The minimum Gasteiger partial charge on any atom is -0.0842 e. The molecule has 0 aliphatic heterocycles. The molecule has 0 saturated heterocycles. The highest BCUT2D eigenvalue weighted by molar-refractivity contribution is 9.09. The number of rotatable bonds is 2. The van der Waals surface area contributed by atoms with E-state index in [-0.39, 0.29) is 0 Å². The summed E-state index contributed by atoms with van der Waals surface area (Å²) in [6, 6.07) is 19.1. The first-order valence-electron chi connectivity index (χ1n) is 5.07. The monoisotopic (exact) mass is 260 g/mol. The van der Waals surface area contributed by atoms with Gasteiger partial charge >= 0.3 is 0 Å². The van der Waals surface area contributed by atoms with E-state index < -0.39 is 0 Å². The van der Waals surface area contributed by atoms with Crippen LogP contribution in [-0.2, 0) is 0 Å². The van der Waals surface area contributed by atoms with Crippen molar-refractivity contribution in [3.05, 3.63) is 60.2 Å². The van der Waals surface area contributed by atoms with Crippen LogP contribution in [-0.4, -0.2) is 0 Å². The summed E-state index contributed by atoms with van der Waals surface area (Å²) < 4.78 is 0. The molecule has 0 fully saturated rings. The number of hydrogen-bond donors (Lipinski definition) is 0. The van der Waals surface area contributed by atoms with Gasteiger partial charge in [-0.3, -0.25) is 0 Å². The van der Waals surface area contributed by atoms with Crippen molar-refractivity contribution in [2.24, 2.45) is 0 Å². The molecule has 0 aliphatic carbocycles. The highest BCUT2D eigenvalue weighted by Crippen LogP contribution is 2.25. The van der Waals surface area contributed by atoms with Crippen molar-refractivity contribution in [1.29, 1.82) is 0 Å². The summed E-state index contributed by atoms with van der Waals surface area (Å²) in [6.45, 7) is 2.14. The zero-order valence-corrected chi connectivity index (χ0v) is 10.2. The Hall–Kier alpha value is -1.08. The minimum atomic E-state index is 0.419. The fraction of sp³-hybridized carbons (Fsp3) is 0.143. The maximum Gasteiger partial charge on any atom is 0.0367 e. The zero-order chi connectivity index (χ0) is 10.7. The predicted molar refractivity (Wildman–Crippen MR) is 69.2 cm³/mol. The van der Waals surface area contributed by atoms with Crippen LogP contribution in [0.4, 0.5) is 0 Å².